The van der Waals surface area contributed by atoms with E-state index >= 15 is 0 Å². The van der Waals surface area contributed by atoms with Crippen LogP contribution in [0.25, 0.3) is 0 Å². The van der Waals surface area contributed by atoms with Crippen LogP contribution in [-0.2, 0) is 28.6 Å². The predicted molar refractivity (Wildman–Crippen MR) is 298 cm³/mol. The lowest BCUT2D eigenvalue weighted by Gasteiger charge is -2.18. The van der Waals surface area contributed by atoms with Crippen molar-refractivity contribution in [3.05, 3.63) is 0 Å². The van der Waals surface area contributed by atoms with Crippen LogP contribution < -0.4 is 0 Å². The van der Waals surface area contributed by atoms with E-state index in [2.05, 4.69) is 34.6 Å². The summed E-state index contributed by atoms with van der Waals surface area (Å²) in [4.78, 5) is 38.3. The summed E-state index contributed by atoms with van der Waals surface area (Å²) in [5.41, 5.74) is 0. The smallest absolute Gasteiger partial charge is 0.306 e. The number of hydrogen-bond acceptors (Lipinski definition) is 6. The summed E-state index contributed by atoms with van der Waals surface area (Å²) < 4.78 is 16.9. The van der Waals surface area contributed by atoms with Crippen molar-refractivity contribution in [2.45, 2.75) is 362 Å². The highest BCUT2D eigenvalue weighted by molar-refractivity contribution is 5.71. The summed E-state index contributed by atoms with van der Waals surface area (Å²) >= 11 is 0. The Bertz CT molecular complexity index is 1060. The highest BCUT2D eigenvalue weighted by atomic mass is 16.6. The van der Waals surface area contributed by atoms with Crippen molar-refractivity contribution in [1.82, 2.24) is 0 Å². The first-order valence-corrected chi connectivity index (χ1v) is 31.3. The predicted octanol–water partition coefficient (Wildman–Crippen LogP) is 20.8. The second kappa shape index (κ2) is 55.7. The van der Waals surface area contributed by atoms with E-state index in [1.54, 1.807) is 0 Å². The molecule has 0 aliphatic rings. The maximum absolute atomic E-state index is 12.9. The standard InChI is InChI=1S/C63H122O6/c1-6-8-9-10-11-12-13-14-15-21-25-28-35-40-45-50-55-63(66)69-60(57-68-62(65)54-49-44-39-34-30-29-32-37-42-47-52-59(5)7-2)56-67-61(64)53-48-43-38-33-27-24-22-19-17-16-18-20-23-26-31-36-41-46-51-58(3)4/h58-60H,6-57H2,1-5H3/t59?,60-/m0/s1. The van der Waals surface area contributed by atoms with E-state index < -0.39 is 6.10 Å². The fraction of sp³-hybridized carbons (Fsp3) is 0.952. The van der Waals surface area contributed by atoms with Crippen LogP contribution in [0.5, 0.6) is 0 Å². The van der Waals surface area contributed by atoms with Crippen LogP contribution in [0.15, 0.2) is 0 Å². The Morgan fingerprint density at radius 1 is 0.304 bits per heavy atom. The Labute approximate surface area is 431 Å². The molecule has 0 N–H and O–H groups in total. The minimum absolute atomic E-state index is 0.0621. The number of unbranched alkanes of at least 4 members (excludes halogenated alkanes) is 41. The van der Waals surface area contributed by atoms with E-state index in [1.165, 1.54) is 244 Å². The summed E-state index contributed by atoms with van der Waals surface area (Å²) in [5, 5.41) is 0. The molecule has 6 nitrogen and oxygen atoms in total. The molecule has 0 rings (SSSR count). The van der Waals surface area contributed by atoms with E-state index in [1.807, 2.05) is 0 Å². The summed E-state index contributed by atoms with van der Waals surface area (Å²) in [5.74, 6) is 0.895. The molecule has 0 aliphatic heterocycles. The van der Waals surface area contributed by atoms with Crippen molar-refractivity contribution in [3.8, 4) is 0 Å². The minimum Gasteiger partial charge on any atom is -0.462 e. The molecule has 1 unspecified atom stereocenters. The Balaban J connectivity index is 4.26. The quantitative estimate of drug-likeness (QED) is 0.0343. The minimum atomic E-state index is -0.763. The lowest BCUT2D eigenvalue weighted by atomic mass is 9.99. The van der Waals surface area contributed by atoms with Gasteiger partial charge in [0.05, 0.1) is 0 Å². The van der Waals surface area contributed by atoms with Gasteiger partial charge in [0.25, 0.3) is 0 Å². The van der Waals surface area contributed by atoms with Gasteiger partial charge in [0.2, 0.25) is 0 Å². The van der Waals surface area contributed by atoms with Gasteiger partial charge in [-0.05, 0) is 31.1 Å². The molecule has 0 radical (unpaired) electrons. The molecule has 2 atom stereocenters. The molecule has 0 aromatic rings. The largest absolute Gasteiger partial charge is 0.462 e. The average Bonchev–Trinajstić information content (AvgIpc) is 3.34. The fourth-order valence-electron chi connectivity index (χ4n) is 9.73. The molecule has 0 spiro atoms. The molecule has 0 saturated heterocycles. The second-order valence-electron chi connectivity index (χ2n) is 22.4. The van der Waals surface area contributed by atoms with Crippen molar-refractivity contribution in [2.75, 3.05) is 13.2 Å². The third-order valence-electron chi connectivity index (χ3n) is 14.8. The molecule has 0 fully saturated rings. The summed E-state index contributed by atoms with van der Waals surface area (Å²) in [7, 11) is 0. The zero-order valence-electron chi connectivity index (χ0n) is 47.5. The number of hydrogen-bond donors (Lipinski definition) is 0. The Hall–Kier alpha value is -1.59. The maximum Gasteiger partial charge on any atom is 0.306 e. The zero-order valence-corrected chi connectivity index (χ0v) is 47.5. The average molecular weight is 976 g/mol. The summed E-state index contributed by atoms with van der Waals surface area (Å²) in [6.45, 7) is 11.5. The third-order valence-corrected chi connectivity index (χ3v) is 14.8. The van der Waals surface area contributed by atoms with Crippen molar-refractivity contribution < 1.29 is 28.6 Å². The van der Waals surface area contributed by atoms with Gasteiger partial charge in [-0.1, -0.05) is 317 Å². The molecule has 0 heterocycles. The number of esters is 3. The van der Waals surface area contributed by atoms with E-state index in [4.69, 9.17) is 14.2 Å². The second-order valence-corrected chi connectivity index (χ2v) is 22.4. The van der Waals surface area contributed by atoms with E-state index in [-0.39, 0.29) is 31.1 Å². The molecule has 6 heteroatoms. The topological polar surface area (TPSA) is 78.9 Å². The number of carbonyl (C=O) groups excluding carboxylic acids is 3. The Morgan fingerprint density at radius 2 is 0.551 bits per heavy atom. The van der Waals surface area contributed by atoms with Crippen LogP contribution in [-0.4, -0.2) is 37.2 Å². The van der Waals surface area contributed by atoms with Gasteiger partial charge in [-0.25, -0.2) is 0 Å². The number of carbonyl (C=O) groups is 3. The number of ether oxygens (including phenoxy) is 3. The van der Waals surface area contributed by atoms with Gasteiger partial charge in [-0.3, -0.25) is 14.4 Å². The molecule has 69 heavy (non-hydrogen) atoms. The van der Waals surface area contributed by atoms with Crippen molar-refractivity contribution >= 4 is 17.9 Å². The number of rotatable bonds is 57. The van der Waals surface area contributed by atoms with Crippen LogP contribution >= 0.6 is 0 Å². The fourth-order valence-corrected chi connectivity index (χ4v) is 9.73. The Morgan fingerprint density at radius 3 is 0.826 bits per heavy atom. The molecule has 0 aromatic carbocycles. The van der Waals surface area contributed by atoms with Gasteiger partial charge >= 0.3 is 17.9 Å². The van der Waals surface area contributed by atoms with Gasteiger partial charge < -0.3 is 14.2 Å². The molecular weight excluding hydrogens is 853 g/mol. The van der Waals surface area contributed by atoms with E-state index in [9.17, 15) is 14.4 Å². The van der Waals surface area contributed by atoms with Crippen molar-refractivity contribution in [3.63, 3.8) is 0 Å². The molecule has 0 bridgehead atoms. The molecule has 0 aromatic heterocycles. The highest BCUT2D eigenvalue weighted by Gasteiger charge is 2.19. The molecular formula is C63H122O6. The molecule has 0 amide bonds. The van der Waals surface area contributed by atoms with Gasteiger partial charge in [0.15, 0.2) is 6.10 Å². The lowest BCUT2D eigenvalue weighted by molar-refractivity contribution is -0.167. The SMILES string of the molecule is CCCCCCCCCCCCCCCCCCC(=O)O[C@@H](COC(=O)CCCCCCCCCCCCCCCCCCCCC(C)C)COC(=O)CCCCCCCCCCCCC(C)CC. The Kier molecular flexibility index (Phi) is 54.4. The summed E-state index contributed by atoms with van der Waals surface area (Å²) in [6.07, 6.45) is 60.9. The van der Waals surface area contributed by atoms with Crippen LogP contribution in [0.1, 0.15) is 356 Å². The highest BCUT2D eigenvalue weighted by Crippen LogP contribution is 2.19. The first-order valence-electron chi connectivity index (χ1n) is 31.3. The molecule has 0 aliphatic carbocycles. The van der Waals surface area contributed by atoms with Crippen LogP contribution in [0.3, 0.4) is 0 Å². The maximum atomic E-state index is 12.9. The van der Waals surface area contributed by atoms with Gasteiger partial charge in [-0.15, -0.1) is 0 Å². The van der Waals surface area contributed by atoms with E-state index in [0.29, 0.717) is 19.3 Å². The van der Waals surface area contributed by atoms with Crippen molar-refractivity contribution in [2.24, 2.45) is 11.8 Å². The zero-order chi connectivity index (χ0) is 50.4. The van der Waals surface area contributed by atoms with Crippen molar-refractivity contribution in [1.29, 1.82) is 0 Å². The van der Waals surface area contributed by atoms with Crippen LogP contribution in [0.2, 0.25) is 0 Å². The monoisotopic (exact) mass is 975 g/mol. The first-order chi connectivity index (χ1) is 33.8. The van der Waals surface area contributed by atoms with Gasteiger partial charge in [0, 0.05) is 19.3 Å². The van der Waals surface area contributed by atoms with Crippen LogP contribution in [0, 0.1) is 11.8 Å². The molecule has 410 valence electrons. The van der Waals surface area contributed by atoms with Gasteiger partial charge in [0.1, 0.15) is 13.2 Å². The first kappa shape index (κ1) is 67.4. The van der Waals surface area contributed by atoms with Gasteiger partial charge in [-0.2, -0.15) is 0 Å². The summed E-state index contributed by atoms with van der Waals surface area (Å²) in [6, 6.07) is 0. The normalized spacial score (nSPS) is 12.4. The molecule has 0 saturated carbocycles. The van der Waals surface area contributed by atoms with E-state index in [0.717, 1.165) is 69.6 Å². The third kappa shape index (κ3) is 55.6. The lowest BCUT2D eigenvalue weighted by Crippen LogP contribution is -2.30. The van der Waals surface area contributed by atoms with Crippen LogP contribution in [0.4, 0.5) is 0 Å².